The highest BCUT2D eigenvalue weighted by Gasteiger charge is 2.09. The summed E-state index contributed by atoms with van der Waals surface area (Å²) in [4.78, 5) is 2.13. The zero-order valence-electron chi connectivity index (χ0n) is 13.3. The molecule has 0 saturated carbocycles. The summed E-state index contributed by atoms with van der Waals surface area (Å²) in [6, 6.07) is 4.25. The molecule has 1 aromatic rings. The van der Waals surface area contributed by atoms with E-state index in [0.717, 1.165) is 29.9 Å². The highest BCUT2D eigenvalue weighted by Crippen LogP contribution is 2.28. The van der Waals surface area contributed by atoms with Gasteiger partial charge in [-0.25, -0.2) is 0 Å². The van der Waals surface area contributed by atoms with Crippen LogP contribution in [0.4, 0.5) is 0 Å². The van der Waals surface area contributed by atoms with Crippen LogP contribution in [0.15, 0.2) is 16.6 Å². The molecule has 0 aliphatic heterocycles. The Bertz CT molecular complexity index is 419. The Morgan fingerprint density at radius 2 is 2.00 bits per heavy atom. The Morgan fingerprint density at radius 1 is 1.30 bits per heavy atom. The maximum atomic E-state index is 5.99. The Hall–Kier alpha value is -0.580. The van der Waals surface area contributed by atoms with E-state index in [1.54, 1.807) is 0 Å². The summed E-state index contributed by atoms with van der Waals surface area (Å²) >= 11 is 3.57. The van der Waals surface area contributed by atoms with Crippen LogP contribution in [0.1, 0.15) is 25.0 Å². The van der Waals surface area contributed by atoms with Crippen LogP contribution >= 0.6 is 15.9 Å². The Morgan fingerprint density at radius 3 is 2.60 bits per heavy atom. The monoisotopic (exact) mass is 342 g/mol. The number of rotatable bonds is 8. The highest BCUT2D eigenvalue weighted by atomic mass is 79.9. The third kappa shape index (κ3) is 6.25. The molecule has 0 radical (unpaired) electrons. The van der Waals surface area contributed by atoms with Crippen LogP contribution in [-0.4, -0.2) is 38.7 Å². The van der Waals surface area contributed by atoms with Crippen LogP contribution in [0.3, 0.4) is 0 Å². The van der Waals surface area contributed by atoms with Crippen LogP contribution < -0.4 is 10.1 Å². The van der Waals surface area contributed by atoms with Gasteiger partial charge in [0.05, 0.1) is 0 Å². The first kappa shape index (κ1) is 17.5. The first-order valence-corrected chi connectivity index (χ1v) is 7.96. The summed E-state index contributed by atoms with van der Waals surface area (Å²) in [6.45, 7) is 10.0. The lowest BCUT2D eigenvalue weighted by Crippen LogP contribution is -2.22. The molecule has 0 amide bonds. The number of likely N-dealkylation sites (N-methyl/N-ethyl adjacent to an activating group) is 1. The van der Waals surface area contributed by atoms with Gasteiger partial charge in [-0.1, -0.05) is 29.8 Å². The number of hydrogen-bond donors (Lipinski definition) is 1. The lowest BCUT2D eigenvalue weighted by atomic mass is 10.1. The fraction of sp³-hybridized carbons (Fsp3) is 0.625. The molecular weight excluding hydrogens is 316 g/mol. The van der Waals surface area contributed by atoms with Crippen molar-refractivity contribution in [2.45, 2.75) is 27.3 Å². The zero-order valence-corrected chi connectivity index (χ0v) is 14.9. The SMILES string of the molecule is Cc1cc(Br)cc(CNCC(C)C)c1OCCN(C)C. The molecule has 0 fully saturated rings. The number of hydrogen-bond acceptors (Lipinski definition) is 3. The molecule has 0 unspecified atom stereocenters. The van der Waals surface area contributed by atoms with Crippen LogP contribution in [0.5, 0.6) is 5.75 Å². The minimum atomic E-state index is 0.654. The van der Waals surface area contributed by atoms with Gasteiger partial charge in [0.2, 0.25) is 0 Å². The van der Waals surface area contributed by atoms with Gasteiger partial charge in [-0.3, -0.25) is 0 Å². The number of nitrogens with zero attached hydrogens (tertiary/aromatic N) is 1. The molecule has 1 N–H and O–H groups in total. The minimum Gasteiger partial charge on any atom is -0.492 e. The predicted octanol–water partition coefficient (Wildman–Crippen LogP) is 3.44. The number of ether oxygens (including phenoxy) is 1. The first-order chi connectivity index (χ1) is 9.40. The van der Waals surface area contributed by atoms with Gasteiger partial charge in [-0.15, -0.1) is 0 Å². The van der Waals surface area contributed by atoms with Gasteiger partial charge in [-0.2, -0.15) is 0 Å². The maximum absolute atomic E-state index is 5.99. The maximum Gasteiger partial charge on any atom is 0.126 e. The fourth-order valence-electron chi connectivity index (χ4n) is 1.96. The molecule has 0 aliphatic carbocycles. The average Bonchev–Trinajstić information content (AvgIpc) is 2.31. The second-order valence-electron chi connectivity index (χ2n) is 5.89. The summed E-state index contributed by atoms with van der Waals surface area (Å²) in [7, 11) is 4.12. The van der Waals surface area contributed by atoms with Crippen LogP contribution in [0.2, 0.25) is 0 Å². The topological polar surface area (TPSA) is 24.5 Å². The molecular formula is C16H27BrN2O. The predicted molar refractivity (Wildman–Crippen MR) is 89.5 cm³/mol. The molecule has 0 bridgehead atoms. The summed E-state index contributed by atoms with van der Waals surface area (Å²) in [5.74, 6) is 1.67. The molecule has 3 nitrogen and oxygen atoms in total. The lowest BCUT2D eigenvalue weighted by Gasteiger charge is -2.17. The van der Waals surface area contributed by atoms with Gasteiger partial charge in [0.1, 0.15) is 12.4 Å². The fourth-order valence-corrected chi connectivity index (χ4v) is 2.58. The van der Waals surface area contributed by atoms with E-state index in [4.69, 9.17) is 4.74 Å². The molecule has 0 spiro atoms. The van der Waals surface area contributed by atoms with Gasteiger partial charge in [-0.05, 0) is 51.2 Å². The normalized spacial score (nSPS) is 11.4. The van der Waals surface area contributed by atoms with E-state index in [1.807, 2.05) is 0 Å². The molecule has 114 valence electrons. The van der Waals surface area contributed by atoms with Crippen molar-refractivity contribution in [3.05, 3.63) is 27.7 Å². The van der Waals surface area contributed by atoms with Gasteiger partial charge in [0, 0.05) is 23.1 Å². The second kappa shape index (κ2) is 8.65. The standard InChI is InChI=1S/C16H27BrN2O/c1-12(2)10-18-11-14-9-15(17)8-13(3)16(14)20-7-6-19(4)5/h8-9,12,18H,6-7,10-11H2,1-5H3. The van der Waals surface area contributed by atoms with Crippen molar-refractivity contribution in [2.75, 3.05) is 33.8 Å². The molecule has 1 aromatic carbocycles. The first-order valence-electron chi connectivity index (χ1n) is 7.17. The molecule has 0 heterocycles. The van der Waals surface area contributed by atoms with Gasteiger partial charge in [0.15, 0.2) is 0 Å². The van der Waals surface area contributed by atoms with Gasteiger partial charge in [0.25, 0.3) is 0 Å². The van der Waals surface area contributed by atoms with Crippen LogP contribution in [0, 0.1) is 12.8 Å². The number of nitrogens with one attached hydrogen (secondary N) is 1. The molecule has 0 aromatic heterocycles. The Kier molecular flexibility index (Phi) is 7.56. The van der Waals surface area contributed by atoms with Crippen molar-refractivity contribution in [3.63, 3.8) is 0 Å². The van der Waals surface area contributed by atoms with Crippen molar-refractivity contribution < 1.29 is 4.74 Å². The van der Waals surface area contributed by atoms with E-state index in [-0.39, 0.29) is 0 Å². The van der Waals surface area contributed by atoms with E-state index in [1.165, 1.54) is 11.1 Å². The van der Waals surface area contributed by atoms with Crippen molar-refractivity contribution in [2.24, 2.45) is 5.92 Å². The highest BCUT2D eigenvalue weighted by molar-refractivity contribution is 9.10. The largest absolute Gasteiger partial charge is 0.492 e. The molecule has 1 rings (SSSR count). The van der Waals surface area contributed by atoms with Crippen molar-refractivity contribution in [3.8, 4) is 5.75 Å². The summed E-state index contributed by atoms with van der Waals surface area (Å²) < 4.78 is 7.10. The molecule has 0 aliphatic rings. The molecule has 20 heavy (non-hydrogen) atoms. The van der Waals surface area contributed by atoms with Gasteiger partial charge < -0.3 is 15.0 Å². The van der Waals surface area contributed by atoms with E-state index < -0.39 is 0 Å². The zero-order chi connectivity index (χ0) is 15.1. The molecule has 0 atom stereocenters. The van der Waals surface area contributed by atoms with Crippen molar-refractivity contribution in [1.29, 1.82) is 0 Å². The summed E-state index contributed by atoms with van der Waals surface area (Å²) in [5, 5.41) is 3.48. The second-order valence-corrected chi connectivity index (χ2v) is 6.80. The van der Waals surface area contributed by atoms with E-state index >= 15 is 0 Å². The minimum absolute atomic E-state index is 0.654. The molecule has 4 heteroatoms. The van der Waals surface area contributed by atoms with Crippen molar-refractivity contribution in [1.82, 2.24) is 10.2 Å². The average molecular weight is 343 g/mol. The number of benzene rings is 1. The van der Waals surface area contributed by atoms with Crippen LogP contribution in [-0.2, 0) is 6.54 Å². The quantitative estimate of drug-likeness (QED) is 0.783. The molecule has 0 saturated heterocycles. The summed E-state index contributed by atoms with van der Waals surface area (Å²) in [5.41, 5.74) is 2.40. The Balaban J connectivity index is 2.73. The third-order valence-electron chi connectivity index (χ3n) is 2.97. The van der Waals surface area contributed by atoms with Gasteiger partial charge >= 0.3 is 0 Å². The van der Waals surface area contributed by atoms with E-state index in [9.17, 15) is 0 Å². The van der Waals surface area contributed by atoms with E-state index in [0.29, 0.717) is 12.5 Å². The number of aryl methyl sites for hydroxylation is 1. The summed E-state index contributed by atoms with van der Waals surface area (Å²) in [6.07, 6.45) is 0. The van der Waals surface area contributed by atoms with Crippen molar-refractivity contribution >= 4 is 15.9 Å². The lowest BCUT2D eigenvalue weighted by molar-refractivity contribution is 0.257. The number of halogens is 1. The third-order valence-corrected chi connectivity index (χ3v) is 3.43. The van der Waals surface area contributed by atoms with E-state index in [2.05, 4.69) is 73.1 Å². The van der Waals surface area contributed by atoms with Crippen LogP contribution in [0.25, 0.3) is 0 Å². The smallest absolute Gasteiger partial charge is 0.126 e. The Labute approximate surface area is 131 Å².